The fourth-order valence-electron chi connectivity index (χ4n) is 1.00. The summed E-state index contributed by atoms with van der Waals surface area (Å²) in [5.41, 5.74) is 1.25. The highest BCUT2D eigenvalue weighted by Gasteiger charge is 2.00. The molecule has 14 heavy (non-hydrogen) atoms. The molecule has 0 N–H and O–H groups in total. The average molecular weight is 206 g/mol. The fraction of sp³-hybridized carbons (Fsp3) is 0.182. The lowest BCUT2D eigenvalue weighted by atomic mass is 10.1. The Balaban J connectivity index is 3.16. The second-order valence-corrected chi connectivity index (χ2v) is 2.73. The van der Waals surface area contributed by atoms with Crippen molar-refractivity contribution >= 4 is 11.6 Å². The quantitative estimate of drug-likeness (QED) is 0.520. The minimum absolute atomic E-state index is 0.264. The van der Waals surface area contributed by atoms with E-state index in [0.717, 1.165) is 0 Å². The lowest BCUT2D eigenvalue weighted by molar-refractivity contribution is 0.413. The molecule has 0 aliphatic carbocycles. The summed E-state index contributed by atoms with van der Waals surface area (Å²) in [6, 6.07) is 7.12. The molecule has 0 fully saturated rings. The monoisotopic (exact) mass is 205 g/mol. The molecular weight excluding hydrogens is 198 g/mol. The summed E-state index contributed by atoms with van der Waals surface area (Å²) in [6.07, 6.45) is 0. The van der Waals surface area contributed by atoms with Gasteiger partial charge in [0.25, 0.3) is 0 Å². The van der Waals surface area contributed by atoms with Crippen molar-refractivity contribution in [3.8, 4) is 23.7 Å². The number of nitriles is 1. The Morgan fingerprint density at radius 3 is 2.86 bits per heavy atom. The zero-order chi connectivity index (χ0) is 10.4. The van der Waals surface area contributed by atoms with Gasteiger partial charge in [0.15, 0.2) is 0 Å². The number of methoxy groups -OCH3 is 1. The van der Waals surface area contributed by atoms with Crippen LogP contribution in [0.3, 0.4) is 0 Å². The van der Waals surface area contributed by atoms with Crippen LogP contribution in [0.25, 0.3) is 0 Å². The molecule has 0 heterocycles. The van der Waals surface area contributed by atoms with Crippen molar-refractivity contribution in [2.45, 2.75) is 0 Å². The molecule has 1 aromatic rings. The van der Waals surface area contributed by atoms with Crippen LogP contribution < -0.4 is 4.74 Å². The molecule has 1 rings (SSSR count). The van der Waals surface area contributed by atoms with Gasteiger partial charge < -0.3 is 4.74 Å². The molecule has 0 radical (unpaired) electrons. The Hall–Kier alpha value is -1.64. The van der Waals surface area contributed by atoms with Crippen molar-refractivity contribution in [3.05, 3.63) is 29.3 Å². The number of rotatable bonds is 1. The first-order chi connectivity index (χ1) is 6.81. The molecule has 0 saturated heterocycles. The zero-order valence-corrected chi connectivity index (χ0v) is 8.43. The molecule has 0 amide bonds. The van der Waals surface area contributed by atoms with Crippen LogP contribution in [0.1, 0.15) is 11.1 Å². The van der Waals surface area contributed by atoms with Gasteiger partial charge in [-0.2, -0.15) is 5.26 Å². The molecule has 1 aromatic carbocycles. The van der Waals surface area contributed by atoms with Gasteiger partial charge in [-0.25, -0.2) is 0 Å². The van der Waals surface area contributed by atoms with Crippen molar-refractivity contribution in [1.82, 2.24) is 0 Å². The SMILES string of the molecule is COc1ccc(C#N)cc1C#CCCl. The Morgan fingerprint density at radius 1 is 1.50 bits per heavy atom. The van der Waals surface area contributed by atoms with E-state index in [0.29, 0.717) is 16.9 Å². The zero-order valence-electron chi connectivity index (χ0n) is 7.67. The molecular formula is C11H8ClNO. The standard InChI is InChI=1S/C11H8ClNO/c1-14-11-5-4-9(8-13)7-10(11)3-2-6-12/h4-5,7H,6H2,1H3. The van der Waals surface area contributed by atoms with Gasteiger partial charge in [-0.3, -0.25) is 0 Å². The number of hydrogen-bond donors (Lipinski definition) is 0. The first-order valence-electron chi connectivity index (χ1n) is 3.94. The molecule has 0 bridgehead atoms. The van der Waals surface area contributed by atoms with E-state index in [1.807, 2.05) is 6.07 Å². The van der Waals surface area contributed by atoms with E-state index in [2.05, 4.69) is 11.8 Å². The van der Waals surface area contributed by atoms with Crippen LogP contribution in [-0.2, 0) is 0 Å². The Morgan fingerprint density at radius 2 is 2.29 bits per heavy atom. The highest BCUT2D eigenvalue weighted by molar-refractivity contribution is 6.19. The van der Waals surface area contributed by atoms with Gasteiger partial charge in [0.2, 0.25) is 0 Å². The van der Waals surface area contributed by atoms with E-state index in [1.165, 1.54) is 0 Å². The second-order valence-electron chi connectivity index (χ2n) is 2.46. The molecule has 2 nitrogen and oxygen atoms in total. The van der Waals surface area contributed by atoms with Crippen LogP contribution in [0.5, 0.6) is 5.75 Å². The van der Waals surface area contributed by atoms with E-state index in [-0.39, 0.29) is 5.88 Å². The lowest BCUT2D eigenvalue weighted by Crippen LogP contribution is -1.88. The molecule has 0 saturated carbocycles. The summed E-state index contributed by atoms with van der Waals surface area (Å²) in [5.74, 6) is 6.47. The minimum atomic E-state index is 0.264. The van der Waals surface area contributed by atoms with Crippen LogP contribution in [-0.4, -0.2) is 13.0 Å². The van der Waals surface area contributed by atoms with Gasteiger partial charge >= 0.3 is 0 Å². The van der Waals surface area contributed by atoms with Crippen LogP contribution >= 0.6 is 11.6 Å². The number of nitrogens with zero attached hydrogens (tertiary/aromatic N) is 1. The van der Waals surface area contributed by atoms with Crippen LogP contribution in [0, 0.1) is 23.2 Å². The number of halogens is 1. The largest absolute Gasteiger partial charge is 0.495 e. The van der Waals surface area contributed by atoms with Gasteiger partial charge in [-0.1, -0.05) is 11.8 Å². The third-order valence-electron chi connectivity index (χ3n) is 1.62. The summed E-state index contributed by atoms with van der Waals surface area (Å²) in [7, 11) is 1.56. The van der Waals surface area contributed by atoms with Gasteiger partial charge in [0.05, 0.1) is 30.2 Å². The summed E-state index contributed by atoms with van der Waals surface area (Å²) < 4.78 is 5.09. The predicted molar refractivity (Wildman–Crippen MR) is 55.3 cm³/mol. The Kier molecular flexibility index (Phi) is 3.85. The van der Waals surface area contributed by atoms with Crippen molar-refractivity contribution in [2.24, 2.45) is 0 Å². The van der Waals surface area contributed by atoms with E-state index < -0.39 is 0 Å². The Bertz CT molecular complexity index is 423. The number of hydrogen-bond acceptors (Lipinski definition) is 2. The third kappa shape index (κ3) is 2.42. The first-order valence-corrected chi connectivity index (χ1v) is 4.48. The maximum atomic E-state index is 8.69. The van der Waals surface area contributed by atoms with Crippen LogP contribution in [0.15, 0.2) is 18.2 Å². The minimum Gasteiger partial charge on any atom is -0.495 e. The molecule has 0 spiro atoms. The average Bonchev–Trinajstić information content (AvgIpc) is 2.25. The lowest BCUT2D eigenvalue weighted by Gasteiger charge is -2.02. The highest BCUT2D eigenvalue weighted by atomic mass is 35.5. The smallest absolute Gasteiger partial charge is 0.134 e. The van der Waals surface area contributed by atoms with Crippen molar-refractivity contribution < 1.29 is 4.74 Å². The van der Waals surface area contributed by atoms with E-state index >= 15 is 0 Å². The van der Waals surface area contributed by atoms with Crippen molar-refractivity contribution in [3.63, 3.8) is 0 Å². The molecule has 0 aromatic heterocycles. The molecule has 70 valence electrons. The first kappa shape index (κ1) is 10.4. The van der Waals surface area contributed by atoms with Crippen molar-refractivity contribution in [2.75, 3.05) is 13.0 Å². The topological polar surface area (TPSA) is 33.0 Å². The Labute approximate surface area is 88.1 Å². The number of alkyl halides is 1. The summed E-state index contributed by atoms with van der Waals surface area (Å²) in [6.45, 7) is 0. The summed E-state index contributed by atoms with van der Waals surface area (Å²) >= 11 is 5.44. The molecule has 0 aliphatic rings. The molecule has 0 unspecified atom stereocenters. The number of ether oxygens (including phenoxy) is 1. The van der Waals surface area contributed by atoms with Crippen molar-refractivity contribution in [1.29, 1.82) is 5.26 Å². The van der Waals surface area contributed by atoms with Gasteiger partial charge in [0, 0.05) is 0 Å². The summed E-state index contributed by atoms with van der Waals surface area (Å²) in [5, 5.41) is 8.69. The van der Waals surface area contributed by atoms with E-state index in [4.69, 9.17) is 21.6 Å². The van der Waals surface area contributed by atoms with E-state index in [9.17, 15) is 0 Å². The van der Waals surface area contributed by atoms with Gasteiger partial charge in [-0.15, -0.1) is 11.6 Å². The normalized spacial score (nSPS) is 8.36. The van der Waals surface area contributed by atoms with Gasteiger partial charge in [0.1, 0.15) is 5.75 Å². The third-order valence-corrected chi connectivity index (χ3v) is 1.75. The summed E-state index contributed by atoms with van der Waals surface area (Å²) in [4.78, 5) is 0. The van der Waals surface area contributed by atoms with E-state index in [1.54, 1.807) is 25.3 Å². The molecule has 0 aliphatic heterocycles. The van der Waals surface area contributed by atoms with Gasteiger partial charge in [-0.05, 0) is 18.2 Å². The van der Waals surface area contributed by atoms with Crippen LogP contribution in [0.2, 0.25) is 0 Å². The second kappa shape index (κ2) is 5.17. The fourth-order valence-corrected chi connectivity index (χ4v) is 1.07. The predicted octanol–water partition coefficient (Wildman–Crippen LogP) is 2.16. The highest BCUT2D eigenvalue weighted by Crippen LogP contribution is 2.18. The maximum absolute atomic E-state index is 8.69. The number of benzene rings is 1. The van der Waals surface area contributed by atoms with Crippen LogP contribution in [0.4, 0.5) is 0 Å². The molecule has 0 atom stereocenters. The maximum Gasteiger partial charge on any atom is 0.134 e. The molecule has 3 heteroatoms.